The van der Waals surface area contributed by atoms with E-state index < -0.39 is 0 Å². The number of hydrogen-bond acceptors (Lipinski definition) is 2. The van der Waals surface area contributed by atoms with Crippen LogP contribution in [0.3, 0.4) is 0 Å². The Morgan fingerprint density at radius 3 is 2.59 bits per heavy atom. The van der Waals surface area contributed by atoms with Gasteiger partial charge in [0.1, 0.15) is 0 Å². The quantitative estimate of drug-likeness (QED) is 0.864. The van der Waals surface area contributed by atoms with Crippen molar-refractivity contribution in [1.82, 2.24) is 5.32 Å². The molecule has 0 saturated heterocycles. The van der Waals surface area contributed by atoms with Crippen molar-refractivity contribution < 1.29 is 0 Å². The van der Waals surface area contributed by atoms with E-state index in [2.05, 4.69) is 23.7 Å². The Balaban J connectivity index is 2.49. The van der Waals surface area contributed by atoms with Crippen LogP contribution in [0.1, 0.15) is 22.0 Å². The average Bonchev–Trinajstić information content (AvgIpc) is 2.71. The summed E-state index contributed by atoms with van der Waals surface area (Å²) in [6, 6.07) is 7.78. The molecule has 1 heterocycles. The van der Waals surface area contributed by atoms with Crippen molar-refractivity contribution >= 4 is 34.5 Å². The topological polar surface area (TPSA) is 12.0 Å². The third-order valence-electron chi connectivity index (χ3n) is 2.72. The van der Waals surface area contributed by atoms with E-state index in [1.165, 1.54) is 10.4 Å². The van der Waals surface area contributed by atoms with Crippen LogP contribution in [0.25, 0.3) is 0 Å². The van der Waals surface area contributed by atoms with Crippen molar-refractivity contribution in [2.24, 2.45) is 0 Å². The van der Waals surface area contributed by atoms with Crippen LogP contribution in [0.5, 0.6) is 0 Å². The Labute approximate surface area is 115 Å². The zero-order valence-electron chi connectivity index (χ0n) is 9.63. The van der Waals surface area contributed by atoms with Crippen LogP contribution < -0.4 is 5.32 Å². The van der Waals surface area contributed by atoms with Crippen LogP contribution in [0.2, 0.25) is 10.0 Å². The number of halogens is 2. The maximum absolute atomic E-state index is 6.24. The molecular weight excluding hydrogens is 273 g/mol. The van der Waals surface area contributed by atoms with Gasteiger partial charge in [-0.15, -0.1) is 11.3 Å². The molecule has 0 fully saturated rings. The van der Waals surface area contributed by atoms with Gasteiger partial charge in [0.15, 0.2) is 0 Å². The standard InChI is InChI=1S/C13H13Cl2NS/c1-8-5-6-17-13(8)12(16-2)10-7-9(14)3-4-11(10)15/h3-7,12,16H,1-2H3. The van der Waals surface area contributed by atoms with Crippen LogP contribution in [0.15, 0.2) is 29.6 Å². The van der Waals surface area contributed by atoms with Gasteiger partial charge in [0.25, 0.3) is 0 Å². The number of aryl methyl sites for hydroxylation is 1. The molecule has 1 nitrogen and oxygen atoms in total. The number of thiophene rings is 1. The molecule has 1 atom stereocenters. The molecule has 1 N–H and O–H groups in total. The highest BCUT2D eigenvalue weighted by molar-refractivity contribution is 7.10. The van der Waals surface area contributed by atoms with Gasteiger partial charge >= 0.3 is 0 Å². The van der Waals surface area contributed by atoms with Crippen molar-refractivity contribution in [2.75, 3.05) is 7.05 Å². The fourth-order valence-electron chi connectivity index (χ4n) is 1.84. The third kappa shape index (κ3) is 2.66. The molecular formula is C13H13Cl2NS. The number of nitrogens with one attached hydrogen (secondary N) is 1. The van der Waals surface area contributed by atoms with Crippen molar-refractivity contribution in [3.63, 3.8) is 0 Å². The summed E-state index contributed by atoms with van der Waals surface area (Å²) in [6.07, 6.45) is 0. The minimum Gasteiger partial charge on any atom is -0.309 e. The van der Waals surface area contributed by atoms with Crippen molar-refractivity contribution in [2.45, 2.75) is 13.0 Å². The van der Waals surface area contributed by atoms with Crippen molar-refractivity contribution in [3.8, 4) is 0 Å². The van der Waals surface area contributed by atoms with Gasteiger partial charge in [0.2, 0.25) is 0 Å². The van der Waals surface area contributed by atoms with Gasteiger partial charge < -0.3 is 5.32 Å². The number of rotatable bonds is 3. The summed E-state index contributed by atoms with van der Waals surface area (Å²) in [5.74, 6) is 0. The highest BCUT2D eigenvalue weighted by Gasteiger charge is 2.18. The fraction of sp³-hybridized carbons (Fsp3) is 0.231. The highest BCUT2D eigenvalue weighted by atomic mass is 35.5. The molecule has 2 aromatic rings. The Morgan fingerprint density at radius 1 is 1.24 bits per heavy atom. The van der Waals surface area contributed by atoms with Gasteiger partial charge in [-0.2, -0.15) is 0 Å². The number of hydrogen-bond donors (Lipinski definition) is 1. The van der Waals surface area contributed by atoms with Crippen LogP contribution in [0, 0.1) is 6.92 Å². The minimum absolute atomic E-state index is 0.0983. The lowest BCUT2D eigenvalue weighted by atomic mass is 10.0. The van der Waals surface area contributed by atoms with E-state index in [0.717, 1.165) is 10.6 Å². The van der Waals surface area contributed by atoms with Gasteiger partial charge in [-0.3, -0.25) is 0 Å². The van der Waals surface area contributed by atoms with Gasteiger partial charge in [0.05, 0.1) is 6.04 Å². The van der Waals surface area contributed by atoms with Gasteiger partial charge in [0, 0.05) is 14.9 Å². The molecule has 1 aromatic heterocycles. The molecule has 1 aromatic carbocycles. The average molecular weight is 286 g/mol. The fourth-order valence-corrected chi connectivity index (χ4v) is 3.30. The van der Waals surface area contributed by atoms with Crippen LogP contribution in [-0.2, 0) is 0 Å². The maximum atomic E-state index is 6.24. The summed E-state index contributed by atoms with van der Waals surface area (Å²) in [5.41, 5.74) is 2.29. The normalized spacial score (nSPS) is 12.7. The van der Waals surface area contributed by atoms with E-state index in [0.29, 0.717) is 5.02 Å². The summed E-state index contributed by atoms with van der Waals surface area (Å²) in [6.45, 7) is 2.11. The first-order valence-electron chi connectivity index (χ1n) is 5.29. The van der Waals surface area contributed by atoms with Gasteiger partial charge in [-0.1, -0.05) is 23.2 Å². The highest BCUT2D eigenvalue weighted by Crippen LogP contribution is 2.34. The predicted molar refractivity (Wildman–Crippen MR) is 76.4 cm³/mol. The first kappa shape index (κ1) is 12.9. The molecule has 0 spiro atoms. The van der Waals surface area contributed by atoms with Crippen molar-refractivity contribution in [3.05, 3.63) is 55.7 Å². The molecule has 0 aliphatic carbocycles. The summed E-state index contributed by atoms with van der Waals surface area (Å²) in [5, 5.41) is 6.83. The molecule has 1 unspecified atom stereocenters. The van der Waals surface area contributed by atoms with E-state index in [9.17, 15) is 0 Å². The third-order valence-corrected chi connectivity index (χ3v) is 4.38. The molecule has 0 radical (unpaired) electrons. The zero-order valence-corrected chi connectivity index (χ0v) is 12.0. The van der Waals surface area contributed by atoms with Gasteiger partial charge in [-0.25, -0.2) is 0 Å². The first-order valence-corrected chi connectivity index (χ1v) is 6.93. The van der Waals surface area contributed by atoms with E-state index in [-0.39, 0.29) is 6.04 Å². The summed E-state index contributed by atoms with van der Waals surface area (Å²) < 4.78 is 0. The van der Waals surface area contributed by atoms with E-state index >= 15 is 0 Å². The Morgan fingerprint density at radius 2 is 2.00 bits per heavy atom. The summed E-state index contributed by atoms with van der Waals surface area (Å²) in [7, 11) is 1.93. The molecule has 90 valence electrons. The largest absolute Gasteiger partial charge is 0.309 e. The number of benzene rings is 1. The maximum Gasteiger partial charge on any atom is 0.0686 e. The lowest BCUT2D eigenvalue weighted by Gasteiger charge is -2.18. The molecule has 0 aliphatic rings. The molecule has 2 rings (SSSR count). The van der Waals surface area contributed by atoms with E-state index in [1.807, 2.05) is 19.2 Å². The summed E-state index contributed by atoms with van der Waals surface area (Å²) in [4.78, 5) is 1.27. The molecule has 0 aliphatic heterocycles. The molecule has 0 amide bonds. The molecule has 17 heavy (non-hydrogen) atoms. The van der Waals surface area contributed by atoms with E-state index in [1.54, 1.807) is 17.4 Å². The summed E-state index contributed by atoms with van der Waals surface area (Å²) >= 11 is 14.0. The van der Waals surface area contributed by atoms with E-state index in [4.69, 9.17) is 23.2 Å². The second-order valence-corrected chi connectivity index (χ2v) is 5.65. The Hall–Kier alpha value is -0.540. The van der Waals surface area contributed by atoms with Gasteiger partial charge in [-0.05, 0) is 54.7 Å². The first-order chi connectivity index (χ1) is 8.13. The second-order valence-electron chi connectivity index (χ2n) is 3.86. The minimum atomic E-state index is 0.0983. The smallest absolute Gasteiger partial charge is 0.0686 e. The lowest BCUT2D eigenvalue weighted by Crippen LogP contribution is -2.17. The predicted octanol–water partition coefficient (Wildman–Crippen LogP) is 4.67. The molecule has 0 bridgehead atoms. The zero-order chi connectivity index (χ0) is 12.4. The Bertz CT molecular complexity index is 522. The second kappa shape index (κ2) is 5.40. The van der Waals surface area contributed by atoms with Crippen LogP contribution in [0.4, 0.5) is 0 Å². The monoisotopic (exact) mass is 285 g/mol. The van der Waals surface area contributed by atoms with Crippen LogP contribution in [-0.4, -0.2) is 7.05 Å². The molecule has 0 saturated carbocycles. The SMILES string of the molecule is CNC(c1cc(Cl)ccc1Cl)c1sccc1C. The lowest BCUT2D eigenvalue weighted by molar-refractivity contribution is 0.700. The molecule has 4 heteroatoms. The van der Waals surface area contributed by atoms with Crippen molar-refractivity contribution in [1.29, 1.82) is 0 Å². The Kier molecular flexibility index (Phi) is 4.10. The van der Waals surface area contributed by atoms with Crippen LogP contribution >= 0.6 is 34.5 Å².